The van der Waals surface area contributed by atoms with E-state index in [0.29, 0.717) is 5.41 Å². The lowest BCUT2D eigenvalue weighted by Crippen LogP contribution is -2.24. The molecule has 0 aromatic heterocycles. The first-order valence-electron chi connectivity index (χ1n) is 5.25. The van der Waals surface area contributed by atoms with Crippen molar-refractivity contribution in [3.05, 3.63) is 34.9 Å². The Kier molecular flexibility index (Phi) is 3.55. The molecule has 1 aliphatic carbocycles. The van der Waals surface area contributed by atoms with Gasteiger partial charge in [0.15, 0.2) is 0 Å². The van der Waals surface area contributed by atoms with E-state index in [4.69, 9.17) is 23.2 Å². The molecule has 15 heavy (non-hydrogen) atoms. The highest BCUT2D eigenvalue weighted by Gasteiger charge is 2.40. The van der Waals surface area contributed by atoms with Crippen molar-refractivity contribution in [2.45, 2.75) is 19.4 Å². The molecule has 0 spiro atoms. The van der Waals surface area contributed by atoms with Gasteiger partial charge in [-0.25, -0.2) is 0 Å². The Morgan fingerprint density at radius 2 is 2.13 bits per heavy atom. The molecule has 3 heteroatoms. The summed E-state index contributed by atoms with van der Waals surface area (Å²) < 4.78 is 0. The maximum absolute atomic E-state index is 5.90. The average Bonchev–Trinajstić information content (AvgIpc) is 2.99. The summed E-state index contributed by atoms with van der Waals surface area (Å²) in [5, 5.41) is 4.24. The number of hydrogen-bond donors (Lipinski definition) is 1. The second kappa shape index (κ2) is 4.73. The van der Waals surface area contributed by atoms with E-state index < -0.39 is 0 Å². The highest BCUT2D eigenvalue weighted by atomic mass is 35.5. The Morgan fingerprint density at radius 1 is 1.33 bits per heavy atom. The molecule has 1 saturated carbocycles. The summed E-state index contributed by atoms with van der Waals surface area (Å²) in [6.07, 6.45) is 2.53. The number of rotatable bonds is 5. The fourth-order valence-electron chi connectivity index (χ4n) is 1.65. The molecule has 0 amide bonds. The zero-order valence-electron chi connectivity index (χ0n) is 8.60. The minimum Gasteiger partial charge on any atom is -0.312 e. The summed E-state index contributed by atoms with van der Waals surface area (Å²) in [5.41, 5.74) is 1.62. The predicted octanol–water partition coefficient (Wildman–Crippen LogP) is 3.45. The van der Waals surface area contributed by atoms with E-state index >= 15 is 0 Å². The van der Waals surface area contributed by atoms with E-state index in [0.717, 1.165) is 24.0 Å². The Morgan fingerprint density at radius 3 is 2.73 bits per heavy atom. The van der Waals surface area contributed by atoms with Gasteiger partial charge in [0.05, 0.1) is 0 Å². The van der Waals surface area contributed by atoms with Gasteiger partial charge in [-0.1, -0.05) is 23.7 Å². The summed E-state index contributed by atoms with van der Waals surface area (Å²) in [6, 6.07) is 7.95. The molecule has 0 saturated heterocycles. The third-order valence-electron chi connectivity index (χ3n) is 2.96. The summed E-state index contributed by atoms with van der Waals surface area (Å²) in [7, 11) is 0. The summed E-state index contributed by atoms with van der Waals surface area (Å²) >= 11 is 11.8. The van der Waals surface area contributed by atoms with Gasteiger partial charge in [-0.3, -0.25) is 0 Å². The van der Waals surface area contributed by atoms with Crippen LogP contribution in [0.15, 0.2) is 24.3 Å². The van der Waals surface area contributed by atoms with E-state index in [-0.39, 0.29) is 0 Å². The van der Waals surface area contributed by atoms with Crippen LogP contribution in [0.4, 0.5) is 0 Å². The first-order valence-corrected chi connectivity index (χ1v) is 6.16. The number of benzene rings is 1. The van der Waals surface area contributed by atoms with E-state index in [1.54, 1.807) is 0 Å². The first kappa shape index (κ1) is 11.3. The fraction of sp³-hybridized carbons (Fsp3) is 0.500. The number of hydrogen-bond acceptors (Lipinski definition) is 1. The lowest BCUT2D eigenvalue weighted by atomic mass is 10.1. The zero-order valence-corrected chi connectivity index (χ0v) is 10.1. The van der Waals surface area contributed by atoms with E-state index in [1.165, 1.54) is 18.4 Å². The largest absolute Gasteiger partial charge is 0.312 e. The van der Waals surface area contributed by atoms with Crippen LogP contribution in [0.25, 0.3) is 0 Å². The van der Waals surface area contributed by atoms with Crippen molar-refractivity contribution in [2.75, 3.05) is 12.4 Å². The minimum absolute atomic E-state index is 0.389. The monoisotopic (exact) mass is 243 g/mol. The minimum atomic E-state index is 0.389. The van der Waals surface area contributed by atoms with Crippen molar-refractivity contribution < 1.29 is 0 Å². The van der Waals surface area contributed by atoms with Crippen LogP contribution >= 0.6 is 23.2 Å². The zero-order chi connectivity index (χ0) is 10.7. The first-order chi connectivity index (χ1) is 7.24. The maximum Gasteiger partial charge on any atom is 0.0409 e. The van der Waals surface area contributed by atoms with Crippen LogP contribution in [0.3, 0.4) is 0 Å². The van der Waals surface area contributed by atoms with Crippen LogP contribution in [-0.2, 0) is 6.54 Å². The predicted molar refractivity (Wildman–Crippen MR) is 65.5 cm³/mol. The molecule has 1 N–H and O–H groups in total. The third-order valence-corrected chi connectivity index (χ3v) is 3.76. The van der Waals surface area contributed by atoms with Crippen molar-refractivity contribution in [3.8, 4) is 0 Å². The number of halogens is 2. The van der Waals surface area contributed by atoms with Gasteiger partial charge in [0, 0.05) is 24.0 Å². The molecule has 82 valence electrons. The second-order valence-electron chi connectivity index (χ2n) is 4.37. The van der Waals surface area contributed by atoms with Crippen molar-refractivity contribution in [3.63, 3.8) is 0 Å². The van der Waals surface area contributed by atoms with E-state index in [2.05, 4.69) is 11.4 Å². The van der Waals surface area contributed by atoms with Crippen molar-refractivity contribution in [1.29, 1.82) is 0 Å². The topological polar surface area (TPSA) is 12.0 Å². The molecular weight excluding hydrogens is 229 g/mol. The van der Waals surface area contributed by atoms with Crippen LogP contribution < -0.4 is 5.32 Å². The van der Waals surface area contributed by atoms with Gasteiger partial charge in [-0.05, 0) is 36.0 Å². The van der Waals surface area contributed by atoms with Crippen LogP contribution in [0.2, 0.25) is 5.02 Å². The quantitative estimate of drug-likeness (QED) is 0.782. The Bertz CT molecular complexity index is 334. The lowest BCUT2D eigenvalue weighted by molar-refractivity contribution is 0.505. The summed E-state index contributed by atoms with van der Waals surface area (Å²) in [6.45, 7) is 1.89. The summed E-state index contributed by atoms with van der Waals surface area (Å²) in [5.74, 6) is 0.773. The molecule has 0 atom stereocenters. The number of nitrogens with one attached hydrogen (secondary N) is 1. The Balaban J connectivity index is 1.78. The molecule has 0 bridgehead atoms. The van der Waals surface area contributed by atoms with Gasteiger partial charge < -0.3 is 5.32 Å². The van der Waals surface area contributed by atoms with Gasteiger partial charge in [0.25, 0.3) is 0 Å². The van der Waals surface area contributed by atoms with Crippen molar-refractivity contribution >= 4 is 23.2 Å². The molecule has 1 nitrogen and oxygen atoms in total. The van der Waals surface area contributed by atoms with Crippen LogP contribution in [0.5, 0.6) is 0 Å². The van der Waals surface area contributed by atoms with Crippen LogP contribution in [0, 0.1) is 5.41 Å². The van der Waals surface area contributed by atoms with Gasteiger partial charge in [-0.15, -0.1) is 11.6 Å². The molecule has 1 aromatic rings. The van der Waals surface area contributed by atoms with Gasteiger partial charge in [0.1, 0.15) is 0 Å². The average molecular weight is 244 g/mol. The Labute approximate surface area is 101 Å². The van der Waals surface area contributed by atoms with Crippen molar-refractivity contribution in [2.24, 2.45) is 5.41 Å². The molecule has 1 aliphatic rings. The molecule has 0 unspecified atom stereocenters. The smallest absolute Gasteiger partial charge is 0.0409 e. The van der Waals surface area contributed by atoms with E-state index in [9.17, 15) is 0 Å². The number of alkyl halides is 1. The van der Waals surface area contributed by atoms with E-state index in [1.807, 2.05) is 18.2 Å². The fourth-order valence-corrected chi connectivity index (χ4v) is 2.23. The standard InChI is InChI=1S/C12H15Cl2N/c13-8-12(4-5-12)9-15-7-10-2-1-3-11(14)6-10/h1-3,6,15H,4-5,7-9H2. The summed E-state index contributed by atoms with van der Waals surface area (Å²) in [4.78, 5) is 0. The lowest BCUT2D eigenvalue weighted by Gasteiger charge is -2.12. The molecular formula is C12H15Cl2N. The highest BCUT2D eigenvalue weighted by molar-refractivity contribution is 6.30. The van der Waals surface area contributed by atoms with Crippen LogP contribution in [0.1, 0.15) is 18.4 Å². The van der Waals surface area contributed by atoms with Gasteiger partial charge in [-0.2, -0.15) is 0 Å². The molecule has 2 rings (SSSR count). The maximum atomic E-state index is 5.90. The van der Waals surface area contributed by atoms with Gasteiger partial charge in [0.2, 0.25) is 0 Å². The molecule has 0 aliphatic heterocycles. The van der Waals surface area contributed by atoms with Gasteiger partial charge >= 0.3 is 0 Å². The van der Waals surface area contributed by atoms with Crippen LogP contribution in [-0.4, -0.2) is 12.4 Å². The second-order valence-corrected chi connectivity index (χ2v) is 5.07. The Hall–Kier alpha value is -0.240. The SMILES string of the molecule is ClCC1(CNCc2cccc(Cl)c2)CC1. The third kappa shape index (κ3) is 3.10. The molecule has 0 heterocycles. The highest BCUT2D eigenvalue weighted by Crippen LogP contribution is 2.45. The molecule has 1 fully saturated rings. The molecule has 0 radical (unpaired) electrons. The molecule has 1 aromatic carbocycles. The normalized spacial score (nSPS) is 17.7. The van der Waals surface area contributed by atoms with Crippen molar-refractivity contribution in [1.82, 2.24) is 5.32 Å².